The van der Waals surface area contributed by atoms with E-state index in [-0.39, 0.29) is 10.9 Å². The van der Waals surface area contributed by atoms with E-state index in [1.807, 2.05) is 13.0 Å². The lowest BCUT2D eigenvalue weighted by Gasteiger charge is -2.29. The van der Waals surface area contributed by atoms with Gasteiger partial charge in [0.05, 0.1) is 20.8 Å². The van der Waals surface area contributed by atoms with E-state index in [4.69, 9.17) is 34.8 Å². The summed E-state index contributed by atoms with van der Waals surface area (Å²) in [5, 5.41) is 3.80. The number of carbonyl (C=O) groups is 1. The highest BCUT2D eigenvalue weighted by molar-refractivity contribution is 6.36. The monoisotopic (exact) mass is 504 g/mol. The number of benzene rings is 1. The molecule has 0 saturated carbocycles. The molecule has 1 amide bonds. The van der Waals surface area contributed by atoms with Gasteiger partial charge in [0.1, 0.15) is 5.82 Å². The van der Waals surface area contributed by atoms with Crippen LogP contribution in [-0.4, -0.2) is 23.9 Å². The SMILES string of the molecule is C=C/C(Cl)=C(\C(Cl)=C/C)N(CCC)CCC(C)C(C)C.CC(=O)Nc1ccc(F)c(Cl)c1. The van der Waals surface area contributed by atoms with Crippen LogP contribution in [-0.2, 0) is 4.79 Å². The fourth-order valence-corrected chi connectivity index (χ4v) is 3.40. The van der Waals surface area contributed by atoms with Crippen molar-refractivity contribution in [3.63, 3.8) is 0 Å². The zero-order chi connectivity index (χ0) is 24.8. The van der Waals surface area contributed by atoms with Gasteiger partial charge in [-0.1, -0.05) is 75.2 Å². The molecule has 0 heterocycles. The third-order valence-corrected chi connectivity index (χ3v) is 5.95. The summed E-state index contributed by atoms with van der Waals surface area (Å²) in [5.41, 5.74) is 1.40. The summed E-state index contributed by atoms with van der Waals surface area (Å²) in [6, 6.07) is 4.01. The van der Waals surface area contributed by atoms with Crippen molar-refractivity contribution in [2.24, 2.45) is 11.8 Å². The van der Waals surface area contributed by atoms with E-state index in [0.717, 1.165) is 31.6 Å². The topological polar surface area (TPSA) is 32.3 Å². The number of hydrogen-bond acceptors (Lipinski definition) is 2. The zero-order valence-corrected chi connectivity index (χ0v) is 22.2. The molecule has 1 aromatic rings. The number of halogens is 4. The maximum atomic E-state index is 12.6. The van der Waals surface area contributed by atoms with Crippen molar-refractivity contribution in [3.8, 4) is 0 Å². The number of anilines is 1. The Balaban J connectivity index is 0.000000677. The van der Waals surface area contributed by atoms with Crippen LogP contribution in [0, 0.1) is 17.7 Å². The lowest BCUT2D eigenvalue weighted by Crippen LogP contribution is -2.28. The summed E-state index contributed by atoms with van der Waals surface area (Å²) in [4.78, 5) is 12.8. The van der Waals surface area contributed by atoms with Crippen LogP contribution in [0.4, 0.5) is 10.1 Å². The van der Waals surface area contributed by atoms with E-state index in [1.165, 1.54) is 25.1 Å². The highest BCUT2D eigenvalue weighted by atomic mass is 35.5. The van der Waals surface area contributed by atoms with E-state index in [1.54, 1.807) is 6.08 Å². The van der Waals surface area contributed by atoms with E-state index < -0.39 is 5.82 Å². The number of hydrogen-bond donors (Lipinski definition) is 1. The summed E-state index contributed by atoms with van der Waals surface area (Å²) in [6.45, 7) is 18.0. The molecular formula is C25H36Cl3FN2O. The van der Waals surface area contributed by atoms with Crippen molar-refractivity contribution in [1.82, 2.24) is 4.90 Å². The average Bonchev–Trinajstić information content (AvgIpc) is 2.74. The van der Waals surface area contributed by atoms with Crippen molar-refractivity contribution >= 4 is 46.4 Å². The van der Waals surface area contributed by atoms with Gasteiger partial charge >= 0.3 is 0 Å². The lowest BCUT2D eigenvalue weighted by atomic mass is 9.94. The van der Waals surface area contributed by atoms with Crippen LogP contribution in [0.1, 0.15) is 54.4 Å². The van der Waals surface area contributed by atoms with Crippen molar-refractivity contribution in [1.29, 1.82) is 0 Å². The summed E-state index contributed by atoms with van der Waals surface area (Å²) in [7, 11) is 0. The smallest absolute Gasteiger partial charge is 0.221 e. The van der Waals surface area contributed by atoms with Gasteiger partial charge in [-0.25, -0.2) is 4.39 Å². The van der Waals surface area contributed by atoms with Gasteiger partial charge in [0.25, 0.3) is 0 Å². The second-order valence-electron chi connectivity index (χ2n) is 7.84. The number of nitrogens with zero attached hydrogens (tertiary/aromatic N) is 1. The van der Waals surface area contributed by atoms with Gasteiger partial charge in [0.2, 0.25) is 5.91 Å². The Morgan fingerprint density at radius 2 is 1.88 bits per heavy atom. The Hall–Kier alpha value is -1.49. The summed E-state index contributed by atoms with van der Waals surface area (Å²) in [6.07, 6.45) is 5.75. The molecule has 0 bridgehead atoms. The molecule has 0 aliphatic rings. The molecule has 3 nitrogen and oxygen atoms in total. The molecule has 0 aliphatic heterocycles. The minimum atomic E-state index is -0.495. The molecule has 1 unspecified atom stereocenters. The molecule has 0 saturated heterocycles. The van der Waals surface area contributed by atoms with Crippen LogP contribution in [0.3, 0.4) is 0 Å². The summed E-state index contributed by atoms with van der Waals surface area (Å²) >= 11 is 18.1. The lowest BCUT2D eigenvalue weighted by molar-refractivity contribution is -0.114. The molecule has 0 aliphatic carbocycles. The van der Waals surface area contributed by atoms with Gasteiger partial charge in [-0.05, 0) is 55.9 Å². The number of allylic oxidation sites excluding steroid dienone is 4. The first kappa shape index (κ1) is 30.5. The quantitative estimate of drug-likeness (QED) is 0.323. The predicted molar refractivity (Wildman–Crippen MR) is 139 cm³/mol. The van der Waals surface area contributed by atoms with Crippen LogP contribution in [0.15, 0.2) is 52.7 Å². The molecule has 0 spiro atoms. The molecule has 32 heavy (non-hydrogen) atoms. The Kier molecular flexibility index (Phi) is 15.4. The fourth-order valence-electron chi connectivity index (χ4n) is 2.72. The summed E-state index contributed by atoms with van der Waals surface area (Å²) in [5.74, 6) is 0.670. The van der Waals surface area contributed by atoms with Gasteiger partial charge in [0.15, 0.2) is 0 Å². The van der Waals surface area contributed by atoms with Gasteiger partial charge in [-0.15, -0.1) is 0 Å². The molecule has 7 heteroatoms. The maximum absolute atomic E-state index is 12.6. The second kappa shape index (κ2) is 16.2. The maximum Gasteiger partial charge on any atom is 0.221 e. The molecule has 0 aromatic heterocycles. The minimum absolute atomic E-state index is 0.00116. The first-order valence-electron chi connectivity index (χ1n) is 10.8. The zero-order valence-electron chi connectivity index (χ0n) is 19.9. The van der Waals surface area contributed by atoms with Crippen LogP contribution in [0.25, 0.3) is 0 Å². The van der Waals surface area contributed by atoms with Crippen molar-refractivity contribution < 1.29 is 9.18 Å². The Labute approximate surface area is 208 Å². The first-order chi connectivity index (χ1) is 15.0. The number of rotatable bonds is 10. The Bertz CT molecular complexity index is 806. The third kappa shape index (κ3) is 11.4. The van der Waals surface area contributed by atoms with Crippen LogP contribution in [0.5, 0.6) is 0 Å². The van der Waals surface area contributed by atoms with E-state index in [2.05, 4.69) is 44.5 Å². The van der Waals surface area contributed by atoms with E-state index in [0.29, 0.717) is 27.6 Å². The molecule has 1 atom stereocenters. The van der Waals surface area contributed by atoms with E-state index >= 15 is 0 Å². The van der Waals surface area contributed by atoms with Crippen LogP contribution < -0.4 is 5.32 Å². The van der Waals surface area contributed by atoms with E-state index in [9.17, 15) is 9.18 Å². The first-order valence-corrected chi connectivity index (χ1v) is 11.9. The summed E-state index contributed by atoms with van der Waals surface area (Å²) < 4.78 is 12.6. The van der Waals surface area contributed by atoms with Gasteiger partial charge in [-0.3, -0.25) is 4.79 Å². The van der Waals surface area contributed by atoms with Crippen LogP contribution >= 0.6 is 34.8 Å². The normalized spacial score (nSPS) is 13.0. The average molecular weight is 506 g/mol. The van der Waals surface area contributed by atoms with Gasteiger partial charge < -0.3 is 10.2 Å². The molecule has 0 fully saturated rings. The Morgan fingerprint density at radius 3 is 2.31 bits per heavy atom. The molecule has 1 N–H and O–H groups in total. The van der Waals surface area contributed by atoms with Crippen molar-refractivity contribution in [3.05, 3.63) is 63.5 Å². The van der Waals surface area contributed by atoms with Crippen molar-refractivity contribution in [2.75, 3.05) is 18.4 Å². The molecular weight excluding hydrogens is 470 g/mol. The molecule has 0 radical (unpaired) electrons. The second-order valence-corrected chi connectivity index (χ2v) is 9.07. The van der Waals surface area contributed by atoms with Gasteiger partial charge in [-0.2, -0.15) is 0 Å². The predicted octanol–water partition coefficient (Wildman–Crippen LogP) is 8.60. The van der Waals surface area contributed by atoms with Crippen molar-refractivity contribution in [2.45, 2.75) is 54.4 Å². The fraction of sp³-hybridized carbons (Fsp3) is 0.480. The Morgan fingerprint density at radius 1 is 1.25 bits per heavy atom. The number of amides is 1. The van der Waals surface area contributed by atoms with Gasteiger partial charge in [0, 0.05) is 25.7 Å². The highest BCUT2D eigenvalue weighted by Gasteiger charge is 2.17. The molecule has 1 rings (SSSR count). The number of nitrogens with one attached hydrogen (secondary N) is 1. The largest absolute Gasteiger partial charge is 0.369 e. The molecule has 1 aromatic carbocycles. The third-order valence-electron chi connectivity index (χ3n) is 4.93. The molecule has 180 valence electrons. The highest BCUT2D eigenvalue weighted by Crippen LogP contribution is 2.27. The standard InChI is InChI=1S/C17H29Cl2N.C8H7ClFNO/c1-7-11-20(12-10-14(6)13(4)5)17(15(18)8-2)16(19)9-3;1-5(12)11-6-2-3-8(10)7(9)4-6/h8-9,13-14H,2,7,10-12H2,1,3-6H3;2-4H,1H3,(H,11,12)/b16-9+,17-15-;. The van der Waals surface area contributed by atoms with Crippen LogP contribution in [0.2, 0.25) is 5.02 Å². The minimum Gasteiger partial charge on any atom is -0.369 e. The number of carbonyl (C=O) groups excluding carboxylic acids is 1.